The van der Waals surface area contributed by atoms with Gasteiger partial charge in [-0.25, -0.2) is 0 Å². The van der Waals surface area contributed by atoms with Gasteiger partial charge in [-0.05, 0) is 12.1 Å². The highest BCUT2D eigenvalue weighted by atomic mass is 16.7. The lowest BCUT2D eigenvalue weighted by Crippen LogP contribution is -2.60. The molecule has 2 aromatic rings. The number of aliphatic hydroxyl groups excluding tert-OH is 4. The molecular weight excluding hydrogens is 428 g/mol. The molecule has 0 radical (unpaired) electrons. The van der Waals surface area contributed by atoms with Crippen LogP contribution in [0, 0.1) is 0 Å². The number of rotatable bonds is 4. The summed E-state index contributed by atoms with van der Waals surface area (Å²) in [6, 6.07) is 6.15. The molecule has 0 saturated carbocycles. The second-order valence-corrected chi connectivity index (χ2v) is 7.65. The molecular formula is C21H22O11. The molecule has 1 saturated heterocycles. The highest BCUT2D eigenvalue weighted by Crippen LogP contribution is 2.43. The molecule has 32 heavy (non-hydrogen) atoms. The van der Waals surface area contributed by atoms with E-state index in [4.69, 9.17) is 14.2 Å². The first-order valence-corrected chi connectivity index (χ1v) is 9.75. The molecule has 0 bridgehead atoms. The molecule has 11 heteroatoms. The van der Waals surface area contributed by atoms with E-state index in [-0.39, 0.29) is 35.0 Å². The average Bonchev–Trinajstić information content (AvgIpc) is 2.73. The van der Waals surface area contributed by atoms with Crippen LogP contribution in [0.3, 0.4) is 0 Å². The number of benzene rings is 2. The molecule has 0 aliphatic carbocycles. The number of aromatic hydroxyl groups is 3. The Hall–Kier alpha value is -3.09. The zero-order chi connectivity index (χ0) is 23.2. The number of phenolic OH excluding ortho intramolecular Hbond substituents is 3. The maximum Gasteiger partial charge on any atom is 0.229 e. The van der Waals surface area contributed by atoms with Gasteiger partial charge in [-0.15, -0.1) is 0 Å². The van der Waals surface area contributed by atoms with Gasteiger partial charge in [-0.3, -0.25) is 4.79 Å². The Morgan fingerprint density at radius 3 is 2.28 bits per heavy atom. The van der Waals surface area contributed by atoms with Crippen LogP contribution in [0.4, 0.5) is 0 Å². The van der Waals surface area contributed by atoms with Crippen molar-refractivity contribution in [3.63, 3.8) is 0 Å². The van der Waals surface area contributed by atoms with Crippen molar-refractivity contribution in [3.8, 4) is 28.7 Å². The quantitative estimate of drug-likeness (QED) is 0.324. The van der Waals surface area contributed by atoms with Gasteiger partial charge >= 0.3 is 0 Å². The van der Waals surface area contributed by atoms with E-state index in [0.717, 1.165) is 12.1 Å². The first kappa shape index (κ1) is 22.1. The summed E-state index contributed by atoms with van der Waals surface area (Å²) in [4.78, 5) is 12.6. The zero-order valence-corrected chi connectivity index (χ0v) is 16.5. The molecule has 0 aromatic heterocycles. The van der Waals surface area contributed by atoms with Crippen LogP contribution in [0.1, 0.15) is 28.4 Å². The van der Waals surface area contributed by atoms with E-state index in [9.17, 15) is 40.5 Å². The predicted molar refractivity (Wildman–Crippen MR) is 105 cm³/mol. The number of ether oxygens (including phenoxy) is 3. The van der Waals surface area contributed by atoms with Crippen molar-refractivity contribution in [3.05, 3.63) is 41.5 Å². The number of aliphatic hydroxyl groups is 4. The van der Waals surface area contributed by atoms with Crippen LogP contribution in [0.5, 0.6) is 28.7 Å². The number of carbonyl (C=O) groups is 1. The first-order chi connectivity index (χ1) is 15.2. The van der Waals surface area contributed by atoms with Crippen LogP contribution in [0.2, 0.25) is 0 Å². The van der Waals surface area contributed by atoms with Gasteiger partial charge in [0, 0.05) is 23.8 Å². The SMILES string of the molecule is O=C1CC(c2cc(O)cc(O)c2)Oc2cc(O[C@@H]3O[C@H](CO)[C@@H](O)[C@H](O)[C@H]3O)cc(O)c21. The number of Topliss-reactive ketones (excluding diaryl/α,β-unsaturated/α-hetero) is 1. The second-order valence-electron chi connectivity index (χ2n) is 7.65. The number of hydrogen-bond donors (Lipinski definition) is 7. The van der Waals surface area contributed by atoms with Crippen molar-refractivity contribution in [1.82, 2.24) is 0 Å². The van der Waals surface area contributed by atoms with E-state index in [0.29, 0.717) is 5.56 Å². The van der Waals surface area contributed by atoms with E-state index in [1.54, 1.807) is 0 Å². The second kappa shape index (κ2) is 8.45. The monoisotopic (exact) mass is 450 g/mol. The third-order valence-electron chi connectivity index (χ3n) is 5.37. The van der Waals surface area contributed by atoms with Gasteiger partial charge in [0.15, 0.2) is 5.78 Å². The molecule has 4 rings (SSSR count). The summed E-state index contributed by atoms with van der Waals surface area (Å²) in [5.41, 5.74) is 0.244. The number of ketones is 1. The standard InChI is InChI=1S/C21H22O11/c22-7-16-18(27)19(28)20(29)21(32-16)30-11-4-12(25)17-13(26)6-14(31-15(17)5-11)8-1-9(23)3-10(24)2-8/h1-5,14,16,18-25,27-29H,6-7H2/t14?,16-,18-,19+,20-,21-/m1/s1. The lowest BCUT2D eigenvalue weighted by molar-refractivity contribution is -0.277. The molecule has 1 unspecified atom stereocenters. The third kappa shape index (κ3) is 4.04. The summed E-state index contributed by atoms with van der Waals surface area (Å²) in [6.07, 6.45) is -8.60. The fraction of sp³-hybridized carbons (Fsp3) is 0.381. The van der Waals surface area contributed by atoms with Crippen molar-refractivity contribution in [2.24, 2.45) is 0 Å². The van der Waals surface area contributed by atoms with Crippen LogP contribution in [-0.2, 0) is 4.74 Å². The van der Waals surface area contributed by atoms with Gasteiger partial charge < -0.3 is 50.0 Å². The van der Waals surface area contributed by atoms with Crippen molar-refractivity contribution in [2.45, 2.75) is 43.2 Å². The Morgan fingerprint density at radius 1 is 0.938 bits per heavy atom. The van der Waals surface area contributed by atoms with Crippen molar-refractivity contribution in [1.29, 1.82) is 0 Å². The maximum atomic E-state index is 12.6. The Balaban J connectivity index is 1.61. The molecule has 2 aliphatic heterocycles. The molecule has 7 N–H and O–H groups in total. The highest BCUT2D eigenvalue weighted by molar-refractivity contribution is 6.02. The van der Waals surface area contributed by atoms with E-state index in [1.807, 2.05) is 0 Å². The van der Waals surface area contributed by atoms with Crippen LogP contribution in [-0.4, -0.2) is 78.8 Å². The molecule has 1 fully saturated rings. The Labute approximate surface area is 181 Å². The average molecular weight is 450 g/mol. The summed E-state index contributed by atoms with van der Waals surface area (Å²) in [5.74, 6) is -1.47. The minimum absolute atomic E-state index is 0.0475. The summed E-state index contributed by atoms with van der Waals surface area (Å²) in [5, 5.41) is 69.0. The fourth-order valence-corrected chi connectivity index (χ4v) is 3.77. The number of hydrogen-bond acceptors (Lipinski definition) is 11. The number of fused-ring (bicyclic) bond motifs is 1. The molecule has 6 atom stereocenters. The van der Waals surface area contributed by atoms with E-state index < -0.39 is 54.9 Å². The number of carbonyl (C=O) groups excluding carboxylic acids is 1. The summed E-state index contributed by atoms with van der Waals surface area (Å²) in [7, 11) is 0. The molecule has 2 aromatic carbocycles. The van der Waals surface area contributed by atoms with Gasteiger partial charge in [-0.2, -0.15) is 0 Å². The van der Waals surface area contributed by atoms with Crippen LogP contribution in [0.25, 0.3) is 0 Å². The lowest BCUT2D eigenvalue weighted by Gasteiger charge is -2.39. The first-order valence-electron chi connectivity index (χ1n) is 9.75. The Bertz CT molecular complexity index is 1000. The van der Waals surface area contributed by atoms with Crippen molar-refractivity contribution < 1.29 is 54.8 Å². The summed E-state index contributed by atoms with van der Waals surface area (Å²) in [6.45, 7) is -0.643. The lowest BCUT2D eigenvalue weighted by atomic mass is 9.95. The molecule has 2 aliphatic rings. The van der Waals surface area contributed by atoms with E-state index in [1.165, 1.54) is 18.2 Å². The van der Waals surface area contributed by atoms with E-state index >= 15 is 0 Å². The largest absolute Gasteiger partial charge is 0.508 e. The van der Waals surface area contributed by atoms with Crippen LogP contribution >= 0.6 is 0 Å². The molecule has 0 amide bonds. The maximum absolute atomic E-state index is 12.6. The van der Waals surface area contributed by atoms with Crippen LogP contribution < -0.4 is 9.47 Å². The van der Waals surface area contributed by atoms with Crippen molar-refractivity contribution >= 4 is 5.78 Å². The third-order valence-corrected chi connectivity index (χ3v) is 5.37. The van der Waals surface area contributed by atoms with Gasteiger partial charge in [0.25, 0.3) is 0 Å². The Morgan fingerprint density at radius 2 is 1.62 bits per heavy atom. The van der Waals surface area contributed by atoms with Crippen molar-refractivity contribution in [2.75, 3.05) is 6.61 Å². The van der Waals surface area contributed by atoms with Gasteiger partial charge in [0.2, 0.25) is 6.29 Å². The fourth-order valence-electron chi connectivity index (χ4n) is 3.77. The predicted octanol–water partition coefficient (Wildman–Crippen LogP) is -0.311. The molecule has 2 heterocycles. The topological polar surface area (TPSA) is 186 Å². The van der Waals surface area contributed by atoms with Gasteiger partial charge in [-0.1, -0.05) is 0 Å². The molecule has 172 valence electrons. The highest BCUT2D eigenvalue weighted by Gasteiger charge is 2.45. The van der Waals surface area contributed by atoms with Gasteiger partial charge in [0.05, 0.1) is 13.0 Å². The van der Waals surface area contributed by atoms with E-state index in [2.05, 4.69) is 0 Å². The zero-order valence-electron chi connectivity index (χ0n) is 16.5. The smallest absolute Gasteiger partial charge is 0.229 e. The normalized spacial score (nSPS) is 29.8. The minimum atomic E-state index is -1.67. The number of phenols is 3. The minimum Gasteiger partial charge on any atom is -0.508 e. The molecule has 0 spiro atoms. The Kier molecular flexibility index (Phi) is 5.84. The van der Waals surface area contributed by atoms with Gasteiger partial charge in [0.1, 0.15) is 64.8 Å². The molecule has 11 nitrogen and oxygen atoms in total. The summed E-state index contributed by atoms with van der Waals surface area (Å²) >= 11 is 0. The summed E-state index contributed by atoms with van der Waals surface area (Å²) < 4.78 is 16.6. The van der Waals surface area contributed by atoms with Crippen LogP contribution in [0.15, 0.2) is 30.3 Å².